The van der Waals surface area contributed by atoms with Crippen LogP contribution in [0.4, 0.5) is 14.0 Å². The highest BCUT2D eigenvalue weighted by Crippen LogP contribution is 2.25. The number of nitrogens with one attached hydrogen (secondary N) is 2. The molecule has 2 heterocycles. The van der Waals surface area contributed by atoms with Gasteiger partial charge < -0.3 is 10.4 Å². The number of nitrogens with zero attached hydrogens (tertiary/aromatic N) is 3. The third-order valence-corrected chi connectivity index (χ3v) is 3.97. The molecule has 1 aromatic carbocycles. The van der Waals surface area contributed by atoms with Crippen LogP contribution in [0.25, 0.3) is 11.2 Å². The molecule has 0 fully saturated rings. The van der Waals surface area contributed by atoms with Gasteiger partial charge in [-0.05, 0) is 18.2 Å². The summed E-state index contributed by atoms with van der Waals surface area (Å²) in [5.74, 6) is -1.75. The van der Waals surface area contributed by atoms with Crippen molar-refractivity contribution < 1.29 is 18.2 Å². The highest BCUT2D eigenvalue weighted by atomic mass is 32.2. The Balaban J connectivity index is 0.00000126. The Hall–Kier alpha value is -3.01. The maximum Gasteiger partial charge on any atom is 0.339 e. The minimum atomic E-state index is -1.28. The van der Waals surface area contributed by atoms with E-state index in [1.807, 2.05) is 13.8 Å². The quantitative estimate of drug-likeness (QED) is 0.563. The Morgan fingerprint density at radius 2 is 2.04 bits per heavy atom. The zero-order chi connectivity index (χ0) is 20.1. The van der Waals surface area contributed by atoms with E-state index in [0.717, 1.165) is 10.2 Å². The molecule has 0 saturated carbocycles. The van der Waals surface area contributed by atoms with Gasteiger partial charge in [0.05, 0.1) is 11.9 Å². The number of rotatable bonds is 5. The second kappa shape index (κ2) is 8.58. The monoisotopic (exact) mass is 393 g/mol. The van der Waals surface area contributed by atoms with E-state index in [1.54, 1.807) is 7.05 Å². The van der Waals surface area contributed by atoms with Gasteiger partial charge in [0.25, 0.3) is 0 Å². The number of carboxylic acid groups (broad SMARTS) is 1. The van der Waals surface area contributed by atoms with Crippen LogP contribution in [0.1, 0.15) is 35.5 Å². The number of fused-ring (bicyclic) bond motifs is 1. The molecule has 3 rings (SSSR count). The molecule has 142 valence electrons. The van der Waals surface area contributed by atoms with Crippen molar-refractivity contribution in [2.45, 2.75) is 13.8 Å². The van der Waals surface area contributed by atoms with E-state index in [4.69, 9.17) is 5.41 Å². The summed E-state index contributed by atoms with van der Waals surface area (Å²) in [6.07, 6.45) is 2.31. The smallest absolute Gasteiger partial charge is 0.339 e. The second-order valence-corrected chi connectivity index (χ2v) is 5.52. The first-order valence-electron chi connectivity index (χ1n) is 7.93. The van der Waals surface area contributed by atoms with Crippen LogP contribution in [-0.2, 0) is 0 Å². The van der Waals surface area contributed by atoms with Crippen molar-refractivity contribution in [3.05, 3.63) is 53.2 Å². The molecule has 0 aliphatic heterocycles. The minimum Gasteiger partial charge on any atom is -0.478 e. The van der Waals surface area contributed by atoms with Gasteiger partial charge >= 0.3 is 5.97 Å². The SMILES string of the molecule is CC.CNc1cc(F)ccc1C(=N)c1cnc2c(n1)c(C(=O)O)cn2SF. The number of benzene rings is 1. The molecule has 27 heavy (non-hydrogen) atoms. The lowest BCUT2D eigenvalue weighted by Crippen LogP contribution is -2.09. The summed E-state index contributed by atoms with van der Waals surface area (Å²) in [4.78, 5) is 19.5. The van der Waals surface area contributed by atoms with Gasteiger partial charge in [0.2, 0.25) is 0 Å². The number of carboxylic acids is 1. The van der Waals surface area contributed by atoms with Crippen molar-refractivity contribution in [3.8, 4) is 0 Å². The number of hydrogen-bond acceptors (Lipinski definition) is 6. The third-order valence-electron chi connectivity index (χ3n) is 3.54. The van der Waals surface area contributed by atoms with E-state index in [2.05, 4.69) is 15.3 Å². The van der Waals surface area contributed by atoms with Crippen molar-refractivity contribution in [3.63, 3.8) is 0 Å². The van der Waals surface area contributed by atoms with E-state index in [9.17, 15) is 18.2 Å². The highest BCUT2D eigenvalue weighted by Gasteiger charge is 2.20. The van der Waals surface area contributed by atoms with Crippen LogP contribution in [-0.4, -0.2) is 37.8 Å². The Kier molecular flexibility index (Phi) is 6.45. The predicted molar refractivity (Wildman–Crippen MR) is 102 cm³/mol. The van der Waals surface area contributed by atoms with Gasteiger partial charge in [0, 0.05) is 24.5 Å². The van der Waals surface area contributed by atoms with Crippen molar-refractivity contribution >= 4 is 40.9 Å². The topological polar surface area (TPSA) is 104 Å². The molecular formula is C17H17F2N5O2S. The van der Waals surface area contributed by atoms with Crippen molar-refractivity contribution in [2.75, 3.05) is 12.4 Å². The van der Waals surface area contributed by atoms with Crippen LogP contribution in [0.3, 0.4) is 0 Å². The Bertz CT molecular complexity index is 1010. The second-order valence-electron chi connectivity index (χ2n) is 4.99. The lowest BCUT2D eigenvalue weighted by molar-refractivity contribution is 0.0699. The van der Waals surface area contributed by atoms with Gasteiger partial charge in [-0.2, -0.15) is 0 Å². The van der Waals surface area contributed by atoms with Crippen LogP contribution < -0.4 is 5.32 Å². The molecule has 0 amide bonds. The molecule has 3 N–H and O–H groups in total. The molecule has 0 radical (unpaired) electrons. The number of aromatic carboxylic acids is 1. The lowest BCUT2D eigenvalue weighted by Gasteiger charge is -2.10. The summed E-state index contributed by atoms with van der Waals surface area (Å²) in [5.41, 5.74) is 0.532. The van der Waals surface area contributed by atoms with Crippen molar-refractivity contribution in [1.29, 1.82) is 5.41 Å². The first-order chi connectivity index (χ1) is 13.0. The summed E-state index contributed by atoms with van der Waals surface area (Å²) in [7, 11) is 1.58. The van der Waals surface area contributed by atoms with Crippen molar-refractivity contribution in [1.82, 2.24) is 13.9 Å². The van der Waals surface area contributed by atoms with Gasteiger partial charge in [0.1, 0.15) is 22.6 Å². The van der Waals surface area contributed by atoms with Crippen molar-refractivity contribution in [2.24, 2.45) is 0 Å². The molecule has 2 aromatic heterocycles. The number of halogens is 2. The maximum absolute atomic E-state index is 13.3. The van der Waals surface area contributed by atoms with E-state index in [0.29, 0.717) is 11.3 Å². The van der Waals surface area contributed by atoms with Gasteiger partial charge in [-0.3, -0.25) is 5.41 Å². The fourth-order valence-corrected chi connectivity index (χ4v) is 2.72. The molecular weight excluding hydrogens is 376 g/mol. The normalized spacial score (nSPS) is 10.3. The molecule has 0 unspecified atom stereocenters. The summed E-state index contributed by atoms with van der Waals surface area (Å²) in [5, 5.41) is 20.3. The number of aromatic nitrogens is 3. The number of carbonyl (C=O) groups is 1. The van der Waals surface area contributed by atoms with Gasteiger partial charge in [-0.1, -0.05) is 13.8 Å². The Morgan fingerprint density at radius 1 is 1.33 bits per heavy atom. The van der Waals surface area contributed by atoms with Crippen LogP contribution in [0.15, 0.2) is 30.6 Å². The first-order valence-corrected chi connectivity index (χ1v) is 8.60. The minimum absolute atomic E-state index is 0.0342. The zero-order valence-electron chi connectivity index (χ0n) is 14.7. The fraction of sp³-hybridized carbons (Fsp3) is 0.176. The van der Waals surface area contributed by atoms with Crippen LogP contribution in [0, 0.1) is 11.2 Å². The van der Waals surface area contributed by atoms with E-state index < -0.39 is 11.8 Å². The largest absolute Gasteiger partial charge is 0.478 e. The number of anilines is 1. The zero-order valence-corrected chi connectivity index (χ0v) is 15.6. The van der Waals surface area contributed by atoms with Crippen LogP contribution in [0.2, 0.25) is 0 Å². The molecule has 0 aliphatic rings. The van der Waals surface area contributed by atoms with E-state index >= 15 is 0 Å². The predicted octanol–water partition coefficient (Wildman–Crippen LogP) is 4.13. The Morgan fingerprint density at radius 3 is 2.63 bits per heavy atom. The molecule has 10 heteroatoms. The van der Waals surface area contributed by atoms with Crippen LogP contribution in [0.5, 0.6) is 0 Å². The lowest BCUT2D eigenvalue weighted by atomic mass is 10.1. The molecule has 0 bridgehead atoms. The Labute approximate surface area is 158 Å². The average Bonchev–Trinajstić information content (AvgIpc) is 3.07. The fourth-order valence-electron chi connectivity index (χ4n) is 2.37. The maximum atomic E-state index is 13.3. The summed E-state index contributed by atoms with van der Waals surface area (Å²) < 4.78 is 27.2. The van der Waals surface area contributed by atoms with Crippen LogP contribution >= 0.6 is 12.3 Å². The average molecular weight is 393 g/mol. The first kappa shape index (κ1) is 20.3. The van der Waals surface area contributed by atoms with Gasteiger partial charge in [-0.15, -0.1) is 3.89 Å². The van der Waals surface area contributed by atoms with E-state index in [-0.39, 0.29) is 40.5 Å². The highest BCUT2D eigenvalue weighted by molar-refractivity contribution is 7.92. The molecule has 7 nitrogen and oxygen atoms in total. The summed E-state index contributed by atoms with van der Waals surface area (Å²) >= 11 is -0.200. The summed E-state index contributed by atoms with van der Waals surface area (Å²) in [6.45, 7) is 4.00. The summed E-state index contributed by atoms with van der Waals surface area (Å²) in [6, 6.07) is 3.85. The molecule has 0 atom stereocenters. The standard InChI is InChI=1S/C15H11F2N5O2S.C2H6/c1-19-10-4-7(16)2-3-8(10)12(18)11-5-20-14-13(21-11)9(15(23)24)6-22(14)25-17;1-2/h2-6,18-19H,1H3,(H,23,24);1-2H3. The molecule has 0 spiro atoms. The molecule has 3 aromatic rings. The van der Waals surface area contributed by atoms with E-state index in [1.165, 1.54) is 24.4 Å². The van der Waals surface area contributed by atoms with Gasteiger partial charge in [0.15, 0.2) is 18.0 Å². The number of hydrogen-bond donors (Lipinski definition) is 3. The van der Waals surface area contributed by atoms with Gasteiger partial charge in [-0.25, -0.2) is 23.1 Å². The third kappa shape index (κ3) is 3.90. The molecule has 0 aliphatic carbocycles. The molecule has 0 saturated heterocycles.